The molecule has 0 fully saturated rings. The van der Waals surface area contributed by atoms with Gasteiger partial charge in [0.25, 0.3) is 0 Å². The molecule has 4 aromatic rings. The second-order valence-electron chi connectivity index (χ2n) is 10.3. The lowest BCUT2D eigenvalue weighted by atomic mass is 9.78. The van der Waals surface area contributed by atoms with E-state index in [2.05, 4.69) is 98.8 Å². The standard InChI is InChI=1S/C32H38B2N4O/c1-4-27(24-13-15-28(33)29(34)20-24)32(25-14-16-30-26(19-25)21-36-37-30)23-11-9-22(10-12-23)7-5-17-35-18-6-8-31(39)38(2)3/h6,8-16,19-21,35H,4-5,7,17-18,33-34H2,1-3H3,(H,36,37)/b8-6+,32-27+. The van der Waals surface area contributed by atoms with Gasteiger partial charge in [-0.15, -0.1) is 0 Å². The lowest BCUT2D eigenvalue weighted by Gasteiger charge is -2.18. The Morgan fingerprint density at radius 3 is 2.44 bits per heavy atom. The van der Waals surface area contributed by atoms with Crippen LogP contribution in [-0.2, 0) is 11.2 Å². The van der Waals surface area contributed by atoms with Crippen molar-refractivity contribution in [2.45, 2.75) is 26.2 Å². The second-order valence-corrected chi connectivity index (χ2v) is 10.3. The number of H-pyrrole nitrogens is 1. The summed E-state index contributed by atoms with van der Waals surface area (Å²) in [5.74, 6) is 0.0127. The van der Waals surface area contributed by atoms with Crippen molar-refractivity contribution in [1.82, 2.24) is 20.4 Å². The topological polar surface area (TPSA) is 61.0 Å². The third-order valence-electron chi connectivity index (χ3n) is 7.26. The number of allylic oxidation sites excluding steroid dienone is 1. The number of aryl methyl sites for hydroxylation is 1. The molecule has 2 N–H and O–H groups in total. The summed E-state index contributed by atoms with van der Waals surface area (Å²) in [6.45, 7) is 3.85. The molecular weight excluding hydrogens is 478 g/mol. The lowest BCUT2D eigenvalue weighted by Crippen LogP contribution is -2.25. The Morgan fingerprint density at radius 2 is 1.72 bits per heavy atom. The Hall–Kier alpha value is -3.83. The number of aromatic amines is 1. The average Bonchev–Trinajstić information content (AvgIpc) is 3.41. The highest BCUT2D eigenvalue weighted by Gasteiger charge is 2.15. The highest BCUT2D eigenvalue weighted by molar-refractivity contribution is 6.48. The maximum Gasteiger partial charge on any atom is 0.245 e. The van der Waals surface area contributed by atoms with Gasteiger partial charge in [-0.3, -0.25) is 9.89 Å². The van der Waals surface area contributed by atoms with Crippen molar-refractivity contribution in [3.8, 4) is 0 Å². The number of nitrogens with one attached hydrogen (secondary N) is 2. The van der Waals surface area contributed by atoms with Gasteiger partial charge in [0.1, 0.15) is 15.7 Å². The van der Waals surface area contributed by atoms with Crippen LogP contribution in [0.5, 0.6) is 0 Å². The third kappa shape index (κ3) is 7.18. The summed E-state index contributed by atoms with van der Waals surface area (Å²) < 4.78 is 0. The molecule has 0 aliphatic heterocycles. The van der Waals surface area contributed by atoms with E-state index in [0.29, 0.717) is 6.54 Å². The lowest BCUT2D eigenvalue weighted by molar-refractivity contribution is -0.123. The van der Waals surface area contributed by atoms with E-state index in [1.165, 1.54) is 44.3 Å². The Balaban J connectivity index is 1.55. The molecule has 7 heteroatoms. The van der Waals surface area contributed by atoms with Crippen molar-refractivity contribution in [2.75, 3.05) is 27.2 Å². The molecule has 3 aromatic carbocycles. The van der Waals surface area contributed by atoms with E-state index in [1.54, 1.807) is 25.1 Å². The van der Waals surface area contributed by atoms with E-state index in [-0.39, 0.29) is 5.91 Å². The summed E-state index contributed by atoms with van der Waals surface area (Å²) in [6.07, 6.45) is 8.37. The summed E-state index contributed by atoms with van der Waals surface area (Å²) in [6, 6.07) is 22.4. The molecule has 0 bridgehead atoms. The van der Waals surface area contributed by atoms with Gasteiger partial charge in [0, 0.05) is 32.1 Å². The van der Waals surface area contributed by atoms with E-state index in [1.807, 2.05) is 12.3 Å². The summed E-state index contributed by atoms with van der Waals surface area (Å²) in [7, 11) is 7.87. The van der Waals surface area contributed by atoms with Gasteiger partial charge >= 0.3 is 0 Å². The van der Waals surface area contributed by atoms with Crippen molar-refractivity contribution in [1.29, 1.82) is 0 Å². The smallest absolute Gasteiger partial charge is 0.245 e. The van der Waals surface area contributed by atoms with E-state index in [4.69, 9.17) is 0 Å². The van der Waals surface area contributed by atoms with Crippen LogP contribution in [0.4, 0.5) is 0 Å². The molecule has 1 aromatic heterocycles. The maximum absolute atomic E-state index is 11.6. The summed E-state index contributed by atoms with van der Waals surface area (Å²) in [4.78, 5) is 13.2. The molecule has 0 atom stereocenters. The normalized spacial score (nSPS) is 12.2. The van der Waals surface area contributed by atoms with Crippen LogP contribution in [0.1, 0.15) is 42.0 Å². The van der Waals surface area contributed by atoms with Gasteiger partial charge < -0.3 is 10.2 Å². The van der Waals surface area contributed by atoms with Crippen LogP contribution in [0.25, 0.3) is 22.0 Å². The van der Waals surface area contributed by atoms with Crippen LogP contribution in [0.2, 0.25) is 0 Å². The predicted molar refractivity (Wildman–Crippen MR) is 171 cm³/mol. The fraction of sp³-hybridized carbons (Fsp3) is 0.250. The van der Waals surface area contributed by atoms with E-state index in [9.17, 15) is 4.79 Å². The number of nitrogens with zero attached hydrogens (tertiary/aromatic N) is 2. The highest BCUT2D eigenvalue weighted by Crippen LogP contribution is 2.35. The fourth-order valence-corrected chi connectivity index (χ4v) is 4.82. The number of benzene rings is 3. The molecule has 5 nitrogen and oxygen atoms in total. The molecule has 0 aliphatic carbocycles. The Morgan fingerprint density at radius 1 is 0.974 bits per heavy atom. The number of likely N-dealkylation sites (N-methyl/N-ethyl adjacent to an activating group) is 1. The first kappa shape index (κ1) is 28.2. The molecule has 1 heterocycles. The zero-order chi connectivity index (χ0) is 27.8. The van der Waals surface area contributed by atoms with Crippen LogP contribution in [0, 0.1) is 0 Å². The zero-order valence-electron chi connectivity index (χ0n) is 23.8. The van der Waals surface area contributed by atoms with Gasteiger partial charge in [0.05, 0.1) is 11.7 Å². The molecule has 0 radical (unpaired) electrons. The maximum atomic E-state index is 11.6. The zero-order valence-corrected chi connectivity index (χ0v) is 23.8. The summed E-state index contributed by atoms with van der Waals surface area (Å²) in [5.41, 5.74) is 11.3. The number of hydrogen-bond donors (Lipinski definition) is 2. The monoisotopic (exact) mass is 516 g/mol. The molecule has 0 saturated carbocycles. The summed E-state index contributed by atoms with van der Waals surface area (Å²) in [5, 5.41) is 11.8. The quantitative estimate of drug-likeness (QED) is 0.140. The average molecular weight is 516 g/mol. The first-order valence-electron chi connectivity index (χ1n) is 13.8. The Bertz CT molecular complexity index is 1490. The Kier molecular flexibility index (Phi) is 9.61. The molecule has 0 aliphatic rings. The molecule has 1 amide bonds. The first-order chi connectivity index (χ1) is 18.9. The van der Waals surface area contributed by atoms with Crippen LogP contribution < -0.4 is 16.2 Å². The van der Waals surface area contributed by atoms with Crippen molar-refractivity contribution in [2.24, 2.45) is 0 Å². The third-order valence-corrected chi connectivity index (χ3v) is 7.26. The summed E-state index contributed by atoms with van der Waals surface area (Å²) >= 11 is 0. The first-order valence-corrected chi connectivity index (χ1v) is 13.8. The van der Waals surface area contributed by atoms with Crippen molar-refractivity contribution >= 4 is 54.6 Å². The van der Waals surface area contributed by atoms with Gasteiger partial charge in [-0.05, 0) is 71.3 Å². The van der Waals surface area contributed by atoms with Crippen molar-refractivity contribution < 1.29 is 4.79 Å². The second kappa shape index (κ2) is 13.3. The number of carbonyl (C=O) groups excluding carboxylic acids is 1. The number of aromatic nitrogens is 2. The van der Waals surface area contributed by atoms with Gasteiger partial charge in [-0.1, -0.05) is 72.5 Å². The molecule has 198 valence electrons. The van der Waals surface area contributed by atoms with Crippen LogP contribution in [-0.4, -0.2) is 63.9 Å². The van der Waals surface area contributed by atoms with Crippen molar-refractivity contribution in [3.05, 3.63) is 101 Å². The van der Waals surface area contributed by atoms with Gasteiger partial charge in [0.15, 0.2) is 0 Å². The molecule has 0 saturated heterocycles. The van der Waals surface area contributed by atoms with E-state index >= 15 is 0 Å². The number of hydrogen-bond acceptors (Lipinski definition) is 3. The van der Waals surface area contributed by atoms with Crippen LogP contribution >= 0.6 is 0 Å². The van der Waals surface area contributed by atoms with Gasteiger partial charge in [-0.25, -0.2) is 0 Å². The number of carbonyl (C=O) groups is 1. The minimum atomic E-state index is 0.0127. The number of rotatable bonds is 11. The fourth-order valence-electron chi connectivity index (χ4n) is 4.82. The molecule has 39 heavy (non-hydrogen) atoms. The van der Waals surface area contributed by atoms with Crippen LogP contribution in [0.15, 0.2) is 79.0 Å². The SMILES string of the molecule is Bc1ccc(/C(CC)=C(\c2ccc(CCCNC/C=C/C(=O)N(C)C)cc2)c2ccc3[nH]ncc3c2)cc1B. The van der Waals surface area contributed by atoms with Gasteiger partial charge in [0.2, 0.25) is 5.91 Å². The van der Waals surface area contributed by atoms with Gasteiger partial charge in [-0.2, -0.15) is 5.10 Å². The van der Waals surface area contributed by atoms with Crippen molar-refractivity contribution in [3.63, 3.8) is 0 Å². The minimum absolute atomic E-state index is 0.0127. The predicted octanol–water partition coefficient (Wildman–Crippen LogP) is 2.62. The molecule has 0 spiro atoms. The molecule has 0 unspecified atom stereocenters. The highest BCUT2D eigenvalue weighted by atomic mass is 16.2. The number of fused-ring (bicyclic) bond motifs is 1. The minimum Gasteiger partial charge on any atom is -0.345 e. The number of amides is 1. The Labute approximate surface area is 234 Å². The largest absolute Gasteiger partial charge is 0.345 e. The van der Waals surface area contributed by atoms with E-state index < -0.39 is 0 Å². The molecular formula is C32H38B2N4O. The van der Waals surface area contributed by atoms with Crippen LogP contribution in [0.3, 0.4) is 0 Å². The van der Waals surface area contributed by atoms with E-state index in [0.717, 1.165) is 36.7 Å². The molecule has 4 rings (SSSR count).